The van der Waals surface area contributed by atoms with Gasteiger partial charge in [0, 0.05) is 19.2 Å². The van der Waals surface area contributed by atoms with Gasteiger partial charge >= 0.3 is 0 Å². The minimum Gasteiger partial charge on any atom is -0.381 e. The number of hydrogen-bond donors (Lipinski definition) is 1. The lowest BCUT2D eigenvalue weighted by molar-refractivity contribution is 0.184. The monoisotopic (exact) mass is 183 g/mol. The topological polar surface area (TPSA) is 21.3 Å². The summed E-state index contributed by atoms with van der Waals surface area (Å²) >= 11 is 0. The van der Waals surface area contributed by atoms with Gasteiger partial charge in [-0.2, -0.15) is 0 Å². The summed E-state index contributed by atoms with van der Waals surface area (Å²) in [6, 6.07) is 0.716. The van der Waals surface area contributed by atoms with Crippen molar-refractivity contribution >= 4 is 0 Å². The fourth-order valence-electron chi connectivity index (χ4n) is 2.05. The summed E-state index contributed by atoms with van der Waals surface area (Å²) in [5, 5.41) is 3.62. The lowest BCUT2D eigenvalue weighted by Gasteiger charge is -2.15. The standard InChI is InChI=1S/C11H21NO/c1-9(6-10-2-3-10)12-7-11-4-5-13-8-11/h9-12H,2-8H2,1H3. The third kappa shape index (κ3) is 3.28. The lowest BCUT2D eigenvalue weighted by atomic mass is 10.1. The SMILES string of the molecule is CC(CC1CC1)NCC1CCOC1. The van der Waals surface area contributed by atoms with Crippen LogP contribution < -0.4 is 5.32 Å². The number of ether oxygens (including phenoxy) is 1. The molecule has 13 heavy (non-hydrogen) atoms. The quantitative estimate of drug-likeness (QED) is 0.702. The highest BCUT2D eigenvalue weighted by Crippen LogP contribution is 2.33. The number of rotatable bonds is 5. The van der Waals surface area contributed by atoms with Crippen LogP contribution in [-0.2, 0) is 4.74 Å². The molecule has 0 radical (unpaired) electrons. The van der Waals surface area contributed by atoms with E-state index < -0.39 is 0 Å². The zero-order valence-corrected chi connectivity index (χ0v) is 8.59. The smallest absolute Gasteiger partial charge is 0.0507 e. The third-order valence-electron chi connectivity index (χ3n) is 3.16. The van der Waals surface area contributed by atoms with Crippen LogP contribution in [0.15, 0.2) is 0 Å². The van der Waals surface area contributed by atoms with E-state index in [4.69, 9.17) is 4.74 Å². The molecule has 0 aromatic heterocycles. The normalized spacial score (nSPS) is 30.7. The highest BCUT2D eigenvalue weighted by Gasteiger charge is 2.24. The molecule has 0 aromatic rings. The van der Waals surface area contributed by atoms with Gasteiger partial charge in [0.25, 0.3) is 0 Å². The van der Waals surface area contributed by atoms with Crippen LogP contribution in [0.3, 0.4) is 0 Å². The van der Waals surface area contributed by atoms with E-state index in [9.17, 15) is 0 Å². The summed E-state index contributed by atoms with van der Waals surface area (Å²) in [5.41, 5.74) is 0. The van der Waals surface area contributed by atoms with Crippen LogP contribution in [-0.4, -0.2) is 25.8 Å². The van der Waals surface area contributed by atoms with Crippen LogP contribution in [0.4, 0.5) is 0 Å². The lowest BCUT2D eigenvalue weighted by Crippen LogP contribution is -2.31. The summed E-state index contributed by atoms with van der Waals surface area (Å²) in [6.07, 6.45) is 5.58. The Morgan fingerprint density at radius 3 is 2.77 bits per heavy atom. The average molecular weight is 183 g/mol. The minimum atomic E-state index is 0.716. The van der Waals surface area contributed by atoms with E-state index in [0.29, 0.717) is 6.04 Å². The molecule has 2 fully saturated rings. The third-order valence-corrected chi connectivity index (χ3v) is 3.16. The molecule has 1 saturated carbocycles. The van der Waals surface area contributed by atoms with E-state index in [-0.39, 0.29) is 0 Å². The molecule has 0 aromatic carbocycles. The Balaban J connectivity index is 1.54. The van der Waals surface area contributed by atoms with E-state index in [0.717, 1.165) is 31.6 Å². The molecule has 1 aliphatic heterocycles. The Bertz CT molecular complexity index is 150. The van der Waals surface area contributed by atoms with Gasteiger partial charge in [0.15, 0.2) is 0 Å². The molecule has 0 spiro atoms. The fourth-order valence-corrected chi connectivity index (χ4v) is 2.05. The highest BCUT2D eigenvalue weighted by atomic mass is 16.5. The predicted octanol–water partition coefficient (Wildman–Crippen LogP) is 1.80. The van der Waals surface area contributed by atoms with Gasteiger partial charge in [-0.15, -0.1) is 0 Å². The van der Waals surface area contributed by atoms with Crippen LogP contribution in [0.5, 0.6) is 0 Å². The molecule has 1 saturated heterocycles. The molecule has 0 amide bonds. The van der Waals surface area contributed by atoms with Gasteiger partial charge < -0.3 is 10.1 Å². The van der Waals surface area contributed by atoms with E-state index >= 15 is 0 Å². The first kappa shape index (κ1) is 9.47. The molecular formula is C11H21NO. The van der Waals surface area contributed by atoms with E-state index in [1.165, 1.54) is 25.7 Å². The van der Waals surface area contributed by atoms with E-state index in [2.05, 4.69) is 12.2 Å². The Labute approximate surface area is 81.0 Å². The summed E-state index contributed by atoms with van der Waals surface area (Å²) < 4.78 is 5.34. The second-order valence-corrected chi connectivity index (χ2v) is 4.72. The Morgan fingerprint density at radius 1 is 1.31 bits per heavy atom. The van der Waals surface area contributed by atoms with Gasteiger partial charge in [0.1, 0.15) is 0 Å². The maximum absolute atomic E-state index is 5.34. The van der Waals surface area contributed by atoms with Crippen LogP contribution in [0.25, 0.3) is 0 Å². The van der Waals surface area contributed by atoms with Crippen molar-refractivity contribution in [3.05, 3.63) is 0 Å². The minimum absolute atomic E-state index is 0.716. The van der Waals surface area contributed by atoms with Gasteiger partial charge in [-0.05, 0) is 31.6 Å². The molecule has 2 atom stereocenters. The molecule has 2 unspecified atom stereocenters. The summed E-state index contributed by atoms with van der Waals surface area (Å²) in [5.74, 6) is 1.82. The Kier molecular flexibility index (Phi) is 3.23. The first-order valence-corrected chi connectivity index (χ1v) is 5.65. The van der Waals surface area contributed by atoms with Gasteiger partial charge in [-0.25, -0.2) is 0 Å². The molecule has 2 rings (SSSR count). The van der Waals surface area contributed by atoms with Crippen molar-refractivity contribution in [3.63, 3.8) is 0 Å². The van der Waals surface area contributed by atoms with Crippen molar-refractivity contribution in [2.75, 3.05) is 19.8 Å². The fraction of sp³-hybridized carbons (Fsp3) is 1.00. The van der Waals surface area contributed by atoms with Gasteiger partial charge in [0.05, 0.1) is 6.61 Å². The van der Waals surface area contributed by atoms with Crippen LogP contribution in [0, 0.1) is 11.8 Å². The second-order valence-electron chi connectivity index (χ2n) is 4.72. The van der Waals surface area contributed by atoms with Crippen molar-refractivity contribution < 1.29 is 4.74 Å². The Morgan fingerprint density at radius 2 is 2.15 bits per heavy atom. The van der Waals surface area contributed by atoms with Crippen molar-refractivity contribution in [1.82, 2.24) is 5.32 Å². The van der Waals surface area contributed by atoms with Crippen molar-refractivity contribution in [2.45, 2.75) is 38.6 Å². The summed E-state index contributed by atoms with van der Waals surface area (Å²) in [6.45, 7) is 5.43. The van der Waals surface area contributed by atoms with E-state index in [1.54, 1.807) is 0 Å². The van der Waals surface area contributed by atoms with Gasteiger partial charge in [0.2, 0.25) is 0 Å². The average Bonchev–Trinajstić information content (AvgIpc) is 2.78. The van der Waals surface area contributed by atoms with Gasteiger partial charge in [-0.3, -0.25) is 0 Å². The first-order valence-electron chi connectivity index (χ1n) is 5.65. The van der Waals surface area contributed by atoms with Crippen LogP contribution >= 0.6 is 0 Å². The number of hydrogen-bond acceptors (Lipinski definition) is 2. The summed E-state index contributed by atoms with van der Waals surface area (Å²) in [4.78, 5) is 0. The molecule has 2 aliphatic rings. The van der Waals surface area contributed by atoms with Gasteiger partial charge in [-0.1, -0.05) is 12.8 Å². The molecule has 1 aliphatic carbocycles. The largest absolute Gasteiger partial charge is 0.381 e. The second kappa shape index (κ2) is 4.43. The molecule has 1 heterocycles. The van der Waals surface area contributed by atoms with Crippen LogP contribution in [0.2, 0.25) is 0 Å². The number of nitrogens with one attached hydrogen (secondary N) is 1. The maximum Gasteiger partial charge on any atom is 0.0507 e. The molecule has 0 bridgehead atoms. The zero-order valence-electron chi connectivity index (χ0n) is 8.59. The van der Waals surface area contributed by atoms with Crippen molar-refractivity contribution in [2.24, 2.45) is 11.8 Å². The molecule has 76 valence electrons. The molecule has 2 nitrogen and oxygen atoms in total. The summed E-state index contributed by atoms with van der Waals surface area (Å²) in [7, 11) is 0. The van der Waals surface area contributed by atoms with Crippen molar-refractivity contribution in [3.8, 4) is 0 Å². The maximum atomic E-state index is 5.34. The predicted molar refractivity (Wildman–Crippen MR) is 53.7 cm³/mol. The molecule has 1 N–H and O–H groups in total. The highest BCUT2D eigenvalue weighted by molar-refractivity contribution is 4.79. The first-order chi connectivity index (χ1) is 6.34. The van der Waals surface area contributed by atoms with Crippen LogP contribution in [0.1, 0.15) is 32.6 Å². The zero-order chi connectivity index (χ0) is 9.10. The Hall–Kier alpha value is -0.0800. The molecular weight excluding hydrogens is 162 g/mol. The van der Waals surface area contributed by atoms with E-state index in [1.807, 2.05) is 0 Å². The molecule has 2 heteroatoms. The van der Waals surface area contributed by atoms with Crippen molar-refractivity contribution in [1.29, 1.82) is 0 Å².